The number of rotatable bonds is 10. The summed E-state index contributed by atoms with van der Waals surface area (Å²) in [6.07, 6.45) is 4.56. The molecule has 4 fully saturated rings. The molecule has 3 saturated heterocycles. The minimum Gasteiger partial charge on any atom is -0.490 e. The maximum Gasteiger partial charge on any atom is 0.245 e. The Balaban J connectivity index is 1.26. The van der Waals surface area contributed by atoms with Crippen LogP contribution in [0.3, 0.4) is 0 Å². The number of halogens is 3. The predicted molar refractivity (Wildman–Crippen MR) is 159 cm³/mol. The molecule has 3 aromatic rings. The fraction of sp³-hybridized carbons (Fsp3) is 0.433. The average molecular weight is 617 g/mol. The molecule has 4 aliphatic rings. The summed E-state index contributed by atoms with van der Waals surface area (Å²) >= 11 is 12.0. The Kier molecular flexibility index (Phi) is 8.67. The number of nitrogens with one attached hydrogen (secondary N) is 1. The molecule has 7 rings (SSSR count). The second-order valence-electron chi connectivity index (χ2n) is 10.8. The Morgan fingerprint density at radius 1 is 1.17 bits per heavy atom. The monoisotopic (exact) mass is 615 g/mol. The Bertz CT molecular complexity index is 1480. The largest absolute Gasteiger partial charge is 0.490 e. The van der Waals surface area contributed by atoms with Crippen molar-refractivity contribution in [2.45, 2.75) is 18.9 Å². The van der Waals surface area contributed by atoms with Crippen molar-refractivity contribution in [3.63, 3.8) is 0 Å². The molecule has 4 heterocycles. The number of fused-ring (bicyclic) bond motifs is 3. The van der Waals surface area contributed by atoms with E-state index >= 15 is 0 Å². The van der Waals surface area contributed by atoms with Crippen molar-refractivity contribution in [3.05, 3.63) is 59.1 Å². The number of morpholine rings is 1. The highest BCUT2D eigenvalue weighted by Gasteiger charge is 2.49. The molecule has 1 saturated carbocycles. The summed E-state index contributed by atoms with van der Waals surface area (Å²) in [5.74, 6) is 1.23. The van der Waals surface area contributed by atoms with Gasteiger partial charge in [-0.3, -0.25) is 9.69 Å². The quantitative estimate of drug-likeness (QED) is 0.186. The van der Waals surface area contributed by atoms with Crippen molar-refractivity contribution in [3.8, 4) is 11.5 Å². The first-order valence-corrected chi connectivity index (χ1v) is 14.9. The van der Waals surface area contributed by atoms with Crippen molar-refractivity contribution in [1.82, 2.24) is 19.8 Å². The molecule has 3 atom stereocenters. The van der Waals surface area contributed by atoms with Crippen LogP contribution in [-0.2, 0) is 9.53 Å². The smallest absolute Gasteiger partial charge is 0.245 e. The van der Waals surface area contributed by atoms with E-state index in [9.17, 15) is 9.18 Å². The van der Waals surface area contributed by atoms with E-state index < -0.39 is 5.82 Å². The molecule has 0 radical (unpaired) electrons. The number of benzene rings is 2. The third-order valence-electron chi connectivity index (χ3n) is 8.16. The molecule has 3 aliphatic heterocycles. The number of anilines is 2. The fourth-order valence-corrected chi connectivity index (χ4v) is 6.22. The molecule has 2 unspecified atom stereocenters. The first-order chi connectivity index (χ1) is 20.4. The highest BCUT2D eigenvalue weighted by molar-refractivity contribution is 6.42. The fourth-order valence-electron chi connectivity index (χ4n) is 5.91. The number of aromatic nitrogens is 2. The van der Waals surface area contributed by atoms with E-state index in [1.54, 1.807) is 0 Å². The van der Waals surface area contributed by atoms with E-state index in [0.717, 1.165) is 45.7 Å². The van der Waals surface area contributed by atoms with Crippen LogP contribution in [0.2, 0.25) is 10.0 Å². The van der Waals surface area contributed by atoms with Crippen LogP contribution in [0, 0.1) is 17.7 Å². The highest BCUT2D eigenvalue weighted by atomic mass is 35.5. The Labute approximate surface area is 253 Å². The van der Waals surface area contributed by atoms with Crippen molar-refractivity contribution in [2.24, 2.45) is 11.8 Å². The van der Waals surface area contributed by atoms with Crippen molar-refractivity contribution >= 4 is 51.5 Å². The maximum absolute atomic E-state index is 14.9. The zero-order valence-electron chi connectivity index (χ0n) is 23.0. The molecule has 2 bridgehead atoms. The van der Waals surface area contributed by atoms with Gasteiger partial charge in [-0.05, 0) is 37.1 Å². The summed E-state index contributed by atoms with van der Waals surface area (Å²) in [6, 6.07) is 6.70. The molecule has 1 aliphatic carbocycles. The third kappa shape index (κ3) is 5.99. The van der Waals surface area contributed by atoms with E-state index in [1.807, 2.05) is 17.0 Å². The van der Waals surface area contributed by atoms with Gasteiger partial charge in [0.2, 0.25) is 5.91 Å². The summed E-state index contributed by atoms with van der Waals surface area (Å²) < 4.78 is 33.2. The molecule has 2 aromatic carbocycles. The molecule has 1 N–H and O–H groups in total. The summed E-state index contributed by atoms with van der Waals surface area (Å²) in [5.41, 5.74) is 0.746. The topological polar surface area (TPSA) is 89.0 Å². The number of ether oxygens (including phenoxy) is 3. The zero-order chi connectivity index (χ0) is 29.2. The van der Waals surface area contributed by atoms with Gasteiger partial charge in [-0.1, -0.05) is 29.8 Å². The summed E-state index contributed by atoms with van der Waals surface area (Å²) in [6.45, 7) is 9.65. The van der Waals surface area contributed by atoms with Gasteiger partial charge in [-0.25, -0.2) is 14.4 Å². The van der Waals surface area contributed by atoms with Crippen molar-refractivity contribution in [1.29, 1.82) is 0 Å². The van der Waals surface area contributed by atoms with Crippen LogP contribution < -0.4 is 14.8 Å². The van der Waals surface area contributed by atoms with E-state index in [-0.39, 0.29) is 39.6 Å². The molecule has 1 amide bonds. The van der Waals surface area contributed by atoms with Gasteiger partial charge in [0.15, 0.2) is 17.3 Å². The summed E-state index contributed by atoms with van der Waals surface area (Å²) in [5, 5.41) is 3.61. The maximum atomic E-state index is 14.9. The molecule has 222 valence electrons. The standard InChI is InChI=1S/C30H32Cl2FN5O4/c1-2-26(39)38-15-18-12-19(16-38)29(18)42-25-13-20-23(14-24(25)41-9-3-6-37-7-10-40-11-8-37)34-17-35-30(20)36-22-5-4-21(31)27(32)28(22)33/h2,4-5,13-14,17-19,29H,1,3,6-12,15-16H2,(H,34,35,36)/t18-,19?,29?/m0/s1. The molecular formula is C30H32Cl2FN5O4. The van der Waals surface area contributed by atoms with Crippen LogP contribution in [0.1, 0.15) is 12.8 Å². The third-order valence-corrected chi connectivity index (χ3v) is 8.94. The minimum absolute atomic E-state index is 0.0550. The molecule has 42 heavy (non-hydrogen) atoms. The SMILES string of the molecule is C=CC(=O)N1CC2C[C@@H](C1)C2Oc1cc2c(Nc3ccc(Cl)c(Cl)c3F)ncnc2cc1OCCCN1CCOCC1. The predicted octanol–water partition coefficient (Wildman–Crippen LogP) is 5.33. The van der Waals surface area contributed by atoms with Gasteiger partial charge in [0, 0.05) is 56.0 Å². The number of piperidine rings is 2. The van der Waals surface area contributed by atoms with E-state index in [1.165, 1.54) is 24.5 Å². The van der Waals surface area contributed by atoms with Gasteiger partial charge >= 0.3 is 0 Å². The lowest BCUT2D eigenvalue weighted by molar-refractivity contribution is -0.142. The normalized spacial score (nSPS) is 22.0. The lowest BCUT2D eigenvalue weighted by atomic mass is 9.68. The van der Waals surface area contributed by atoms with Crippen LogP contribution in [0.5, 0.6) is 11.5 Å². The highest BCUT2D eigenvalue weighted by Crippen LogP contribution is 2.45. The number of carbonyl (C=O) groups is 1. The second kappa shape index (κ2) is 12.6. The number of nitrogens with zero attached hydrogens (tertiary/aromatic N) is 4. The van der Waals surface area contributed by atoms with Crippen LogP contribution in [0.4, 0.5) is 15.9 Å². The number of hydrogen-bond acceptors (Lipinski definition) is 8. The lowest BCUT2D eigenvalue weighted by Gasteiger charge is -2.52. The molecular weight excluding hydrogens is 584 g/mol. The van der Waals surface area contributed by atoms with Crippen LogP contribution in [-0.4, -0.2) is 84.3 Å². The van der Waals surface area contributed by atoms with Crippen molar-refractivity contribution < 1.29 is 23.4 Å². The van der Waals surface area contributed by atoms with Crippen LogP contribution >= 0.6 is 23.2 Å². The Morgan fingerprint density at radius 2 is 1.95 bits per heavy atom. The lowest BCUT2D eigenvalue weighted by Crippen LogP contribution is -2.61. The van der Waals surface area contributed by atoms with Gasteiger partial charge in [-0.15, -0.1) is 0 Å². The minimum atomic E-state index is -0.673. The summed E-state index contributed by atoms with van der Waals surface area (Å²) in [4.78, 5) is 25.2. The van der Waals surface area contributed by atoms with Gasteiger partial charge in [-0.2, -0.15) is 0 Å². The zero-order valence-corrected chi connectivity index (χ0v) is 24.5. The number of amides is 1. The average Bonchev–Trinajstić information content (AvgIpc) is 3.02. The Morgan fingerprint density at radius 3 is 2.71 bits per heavy atom. The van der Waals surface area contributed by atoms with E-state index in [0.29, 0.717) is 47.9 Å². The van der Waals surface area contributed by atoms with Gasteiger partial charge in [0.1, 0.15) is 18.2 Å². The number of hydrogen-bond donors (Lipinski definition) is 1. The van der Waals surface area contributed by atoms with E-state index in [2.05, 4.69) is 26.8 Å². The molecule has 0 spiro atoms. The first-order valence-electron chi connectivity index (χ1n) is 14.1. The van der Waals surface area contributed by atoms with Gasteiger partial charge in [0.05, 0.1) is 41.1 Å². The molecule has 9 nitrogen and oxygen atoms in total. The van der Waals surface area contributed by atoms with Crippen molar-refractivity contribution in [2.75, 3.05) is 57.9 Å². The molecule has 12 heteroatoms. The van der Waals surface area contributed by atoms with Crippen LogP contribution in [0.25, 0.3) is 10.9 Å². The first kappa shape index (κ1) is 28.9. The van der Waals surface area contributed by atoms with Crippen LogP contribution in [0.15, 0.2) is 43.2 Å². The van der Waals surface area contributed by atoms with Gasteiger partial charge < -0.3 is 24.4 Å². The van der Waals surface area contributed by atoms with E-state index in [4.69, 9.17) is 37.4 Å². The summed E-state index contributed by atoms with van der Waals surface area (Å²) in [7, 11) is 0. The van der Waals surface area contributed by atoms with Gasteiger partial charge in [0.25, 0.3) is 0 Å². The molecule has 1 aromatic heterocycles. The Hall–Kier alpha value is -3.18. The second-order valence-corrected chi connectivity index (χ2v) is 11.6. The number of carbonyl (C=O) groups excluding carboxylic acids is 1.